The number of hydrogen-bond donors (Lipinski definition) is 5. The fourth-order valence-corrected chi connectivity index (χ4v) is 7.22. The Balaban J connectivity index is 1.56. The first-order valence-electron chi connectivity index (χ1n) is 10.7. The van der Waals surface area contributed by atoms with E-state index in [4.69, 9.17) is 30.6 Å². The average molecular weight is 541 g/mol. The number of anilines is 1. The number of ether oxygens (including phenoxy) is 1. The van der Waals surface area contributed by atoms with E-state index in [9.17, 15) is 24.2 Å². The lowest BCUT2D eigenvalue weighted by Gasteiger charge is -2.27. The SMILES string of the molecule is CN(c1cc(Cl)nn2c([C@@H]3OC(COP(=O)(O)CP(=O)(O)O)[C@@H](O)[C@H]3O)cnc12)C1CCCC1. The standard InChI is InChI=1S/C18H27ClN4O9P2/c1-22(10-4-2-3-5-10)11-6-14(19)21-23-12(7-20-18(11)23)17-16(25)15(24)13(32-17)8-31-34(29,30)9-33(26,27)28/h6-7,10,13,15-17,24-25H,2-5,8-9H2,1H3,(H,29,30)(H2,26,27,28)/t13?,15-,16-,17+/m1/s1. The molecule has 0 amide bonds. The molecule has 1 saturated carbocycles. The van der Waals surface area contributed by atoms with Gasteiger partial charge in [-0.15, -0.1) is 0 Å². The highest BCUT2D eigenvalue weighted by Crippen LogP contribution is 2.55. The summed E-state index contributed by atoms with van der Waals surface area (Å²) in [5.41, 5.74) is 1.54. The second kappa shape index (κ2) is 9.74. The van der Waals surface area contributed by atoms with Gasteiger partial charge in [-0.3, -0.25) is 9.13 Å². The molecule has 2 aromatic heterocycles. The topological polar surface area (TPSA) is 187 Å². The van der Waals surface area contributed by atoms with Crippen LogP contribution in [0.15, 0.2) is 12.3 Å². The maximum absolute atomic E-state index is 11.9. The number of imidazole rings is 1. The van der Waals surface area contributed by atoms with Crippen molar-refractivity contribution >= 4 is 38.1 Å². The van der Waals surface area contributed by atoms with E-state index in [0.717, 1.165) is 31.4 Å². The molecule has 0 spiro atoms. The van der Waals surface area contributed by atoms with Crippen molar-refractivity contribution < 1.29 is 43.3 Å². The number of nitrogens with zero attached hydrogens (tertiary/aromatic N) is 4. The van der Waals surface area contributed by atoms with Crippen LogP contribution < -0.4 is 4.90 Å². The molecule has 0 aromatic carbocycles. The van der Waals surface area contributed by atoms with Gasteiger partial charge in [0, 0.05) is 19.2 Å². The third-order valence-electron chi connectivity index (χ3n) is 6.15. The lowest BCUT2D eigenvalue weighted by atomic mass is 10.1. The summed E-state index contributed by atoms with van der Waals surface area (Å²) in [7, 11) is -7.51. The van der Waals surface area contributed by atoms with Gasteiger partial charge < -0.3 is 39.1 Å². The van der Waals surface area contributed by atoms with E-state index in [1.165, 1.54) is 10.7 Å². The van der Waals surface area contributed by atoms with Gasteiger partial charge in [-0.05, 0) is 12.8 Å². The molecule has 2 unspecified atom stereocenters. The Morgan fingerprint density at radius 2 is 1.91 bits per heavy atom. The fourth-order valence-electron chi connectivity index (χ4n) is 4.48. The number of aliphatic hydroxyl groups excluding tert-OH is 2. The zero-order valence-corrected chi connectivity index (χ0v) is 20.8. The molecule has 0 radical (unpaired) electrons. The summed E-state index contributed by atoms with van der Waals surface area (Å²) in [6, 6.07) is 2.05. The van der Waals surface area contributed by atoms with Crippen molar-refractivity contribution in [1.82, 2.24) is 14.6 Å². The molecule has 5 N–H and O–H groups in total. The van der Waals surface area contributed by atoms with Crippen molar-refractivity contribution in [1.29, 1.82) is 0 Å². The maximum atomic E-state index is 11.9. The number of halogens is 1. The molecule has 5 atom stereocenters. The molecule has 3 heterocycles. The first-order valence-corrected chi connectivity index (χ1v) is 14.6. The number of aliphatic hydroxyl groups is 2. The van der Waals surface area contributed by atoms with Crippen LogP contribution in [0.25, 0.3) is 5.65 Å². The van der Waals surface area contributed by atoms with E-state index in [0.29, 0.717) is 17.4 Å². The van der Waals surface area contributed by atoms with Crippen molar-refractivity contribution in [3.63, 3.8) is 0 Å². The zero-order chi connectivity index (χ0) is 24.8. The van der Waals surface area contributed by atoms with Crippen molar-refractivity contribution in [2.45, 2.75) is 56.1 Å². The molecule has 1 aliphatic carbocycles. The Morgan fingerprint density at radius 3 is 2.56 bits per heavy atom. The Morgan fingerprint density at radius 1 is 1.24 bits per heavy atom. The highest BCUT2D eigenvalue weighted by atomic mass is 35.5. The molecule has 34 heavy (non-hydrogen) atoms. The molecule has 0 bridgehead atoms. The van der Waals surface area contributed by atoms with Gasteiger partial charge in [0.2, 0.25) is 0 Å². The van der Waals surface area contributed by atoms with E-state index in [-0.39, 0.29) is 5.15 Å². The van der Waals surface area contributed by atoms with Gasteiger partial charge in [0.15, 0.2) is 16.7 Å². The van der Waals surface area contributed by atoms with Crippen LogP contribution in [0.1, 0.15) is 37.5 Å². The van der Waals surface area contributed by atoms with Crippen LogP contribution >= 0.6 is 26.8 Å². The monoisotopic (exact) mass is 540 g/mol. The fraction of sp³-hybridized carbons (Fsp3) is 0.667. The molecular formula is C18H27ClN4O9P2. The van der Waals surface area contributed by atoms with Gasteiger partial charge in [0.25, 0.3) is 0 Å². The molecule has 13 nitrogen and oxygen atoms in total. The quantitative estimate of drug-likeness (QED) is 0.302. The van der Waals surface area contributed by atoms with Crippen molar-refractivity contribution in [3.05, 3.63) is 23.1 Å². The maximum Gasteiger partial charge on any atom is 0.340 e. The summed E-state index contributed by atoms with van der Waals surface area (Å²) in [5, 5.41) is 25.5. The van der Waals surface area contributed by atoms with Crippen LogP contribution in [0.5, 0.6) is 0 Å². The third kappa shape index (κ3) is 5.49. The van der Waals surface area contributed by atoms with E-state index in [2.05, 4.69) is 15.0 Å². The summed E-state index contributed by atoms with van der Waals surface area (Å²) in [4.78, 5) is 34.0. The molecule has 2 aromatic rings. The minimum atomic E-state index is -4.81. The highest BCUT2D eigenvalue weighted by Gasteiger charge is 2.46. The first-order chi connectivity index (χ1) is 15.9. The van der Waals surface area contributed by atoms with Gasteiger partial charge in [0.1, 0.15) is 24.4 Å². The second-order valence-corrected chi connectivity index (χ2v) is 13.0. The van der Waals surface area contributed by atoms with Gasteiger partial charge in [-0.2, -0.15) is 5.10 Å². The summed E-state index contributed by atoms with van der Waals surface area (Å²) >= 11 is 6.27. The molecule has 1 aliphatic heterocycles. The Labute approximate surface area is 200 Å². The lowest BCUT2D eigenvalue weighted by molar-refractivity contribution is -0.0204. The van der Waals surface area contributed by atoms with Crippen molar-refractivity contribution in [3.8, 4) is 0 Å². The van der Waals surface area contributed by atoms with Gasteiger partial charge in [-0.25, -0.2) is 9.50 Å². The average Bonchev–Trinajstić information content (AvgIpc) is 3.45. The van der Waals surface area contributed by atoms with E-state index >= 15 is 0 Å². The molecule has 16 heteroatoms. The van der Waals surface area contributed by atoms with Gasteiger partial charge >= 0.3 is 15.2 Å². The van der Waals surface area contributed by atoms with Crippen LogP contribution in [0.2, 0.25) is 5.15 Å². The number of rotatable bonds is 8. The van der Waals surface area contributed by atoms with Crippen LogP contribution in [-0.4, -0.2) is 83.4 Å². The first kappa shape index (κ1) is 26.0. The highest BCUT2D eigenvalue weighted by molar-refractivity contribution is 7.70. The molecule has 4 rings (SSSR count). The number of aromatic nitrogens is 3. The molecule has 2 aliphatic rings. The second-order valence-electron chi connectivity index (χ2n) is 8.64. The Kier molecular flexibility index (Phi) is 7.44. The summed E-state index contributed by atoms with van der Waals surface area (Å²) in [6.07, 6.45) is 0.493. The number of hydrogen-bond acceptors (Lipinski definition) is 9. The Bertz CT molecular complexity index is 1140. The molecule has 1 saturated heterocycles. The summed E-state index contributed by atoms with van der Waals surface area (Å²) in [6.45, 7) is -0.677. The molecule has 190 valence electrons. The van der Waals surface area contributed by atoms with E-state index in [1.54, 1.807) is 6.07 Å². The summed E-state index contributed by atoms with van der Waals surface area (Å²) in [5.74, 6) is -1.37. The summed E-state index contributed by atoms with van der Waals surface area (Å²) < 4.78 is 34.8. The predicted octanol–water partition coefficient (Wildman–Crippen LogP) is 1.26. The third-order valence-corrected chi connectivity index (χ3v) is 9.80. The smallest absolute Gasteiger partial charge is 0.340 e. The van der Waals surface area contributed by atoms with Gasteiger partial charge in [0.05, 0.1) is 24.2 Å². The van der Waals surface area contributed by atoms with Gasteiger partial charge in [-0.1, -0.05) is 24.4 Å². The van der Waals surface area contributed by atoms with Crippen LogP contribution in [0.3, 0.4) is 0 Å². The Hall–Kier alpha value is -1.11. The zero-order valence-electron chi connectivity index (χ0n) is 18.2. The van der Waals surface area contributed by atoms with Crippen molar-refractivity contribution in [2.24, 2.45) is 0 Å². The van der Waals surface area contributed by atoms with Crippen LogP contribution in [-0.2, 0) is 18.4 Å². The minimum absolute atomic E-state index is 0.193. The van der Waals surface area contributed by atoms with E-state index < -0.39 is 52.1 Å². The largest absolute Gasteiger partial charge is 0.387 e. The number of fused-ring (bicyclic) bond motifs is 1. The predicted molar refractivity (Wildman–Crippen MR) is 121 cm³/mol. The van der Waals surface area contributed by atoms with Crippen LogP contribution in [0.4, 0.5) is 5.69 Å². The normalized spacial score (nSPS) is 28.0. The van der Waals surface area contributed by atoms with Crippen LogP contribution in [0, 0.1) is 0 Å². The van der Waals surface area contributed by atoms with E-state index in [1.807, 2.05) is 7.05 Å². The molecule has 2 fully saturated rings. The minimum Gasteiger partial charge on any atom is -0.387 e. The molecular weight excluding hydrogens is 514 g/mol. The lowest BCUT2D eigenvalue weighted by Crippen LogP contribution is -2.33. The van der Waals surface area contributed by atoms with Crippen molar-refractivity contribution in [2.75, 3.05) is 24.5 Å².